The van der Waals surface area contributed by atoms with Crippen LogP contribution in [0.25, 0.3) is 0 Å². The van der Waals surface area contributed by atoms with Crippen molar-refractivity contribution in [3.63, 3.8) is 0 Å². The summed E-state index contributed by atoms with van der Waals surface area (Å²) in [6.07, 6.45) is 0. The van der Waals surface area contributed by atoms with Crippen molar-refractivity contribution >= 4 is 15.9 Å². The summed E-state index contributed by atoms with van der Waals surface area (Å²) >= 11 is 3.61. The van der Waals surface area contributed by atoms with Crippen molar-refractivity contribution in [2.24, 2.45) is 0 Å². The number of hydrogen-bond acceptors (Lipinski definition) is 2. The highest BCUT2D eigenvalue weighted by Gasteiger charge is 2.00. The van der Waals surface area contributed by atoms with Gasteiger partial charge in [-0.3, -0.25) is 0 Å². The van der Waals surface area contributed by atoms with E-state index < -0.39 is 0 Å². The van der Waals surface area contributed by atoms with E-state index in [1.165, 1.54) is 22.3 Å². The fourth-order valence-corrected chi connectivity index (χ4v) is 2.77. The number of aryl methyl sites for hydroxylation is 1. The van der Waals surface area contributed by atoms with E-state index >= 15 is 0 Å². The number of benzene rings is 2. The molecular formula is C17H20BrNO. The van der Waals surface area contributed by atoms with Crippen molar-refractivity contribution in [1.82, 2.24) is 5.32 Å². The predicted octanol–water partition coefficient (Wildman–Crippen LogP) is 4.19. The average molecular weight is 334 g/mol. The van der Waals surface area contributed by atoms with Gasteiger partial charge in [-0.2, -0.15) is 0 Å². The lowest BCUT2D eigenvalue weighted by molar-refractivity contribution is 0.185. The molecule has 0 saturated heterocycles. The largest absolute Gasteiger partial charge is 0.380 e. The monoisotopic (exact) mass is 333 g/mol. The van der Waals surface area contributed by atoms with Gasteiger partial charge in [-0.15, -0.1) is 0 Å². The van der Waals surface area contributed by atoms with Crippen LogP contribution in [0.3, 0.4) is 0 Å². The second-order valence-corrected chi connectivity index (χ2v) is 5.81. The fraction of sp³-hybridized carbons (Fsp3) is 0.294. The van der Waals surface area contributed by atoms with Gasteiger partial charge in [-0.1, -0.05) is 52.3 Å². The van der Waals surface area contributed by atoms with E-state index in [4.69, 9.17) is 4.74 Å². The van der Waals surface area contributed by atoms with Gasteiger partial charge in [0.1, 0.15) is 0 Å². The van der Waals surface area contributed by atoms with E-state index in [9.17, 15) is 0 Å². The highest BCUT2D eigenvalue weighted by atomic mass is 79.9. The molecule has 0 saturated carbocycles. The predicted molar refractivity (Wildman–Crippen MR) is 86.6 cm³/mol. The van der Waals surface area contributed by atoms with Gasteiger partial charge in [0.25, 0.3) is 0 Å². The van der Waals surface area contributed by atoms with E-state index in [-0.39, 0.29) is 0 Å². The molecule has 0 fully saturated rings. The van der Waals surface area contributed by atoms with Crippen molar-refractivity contribution < 1.29 is 4.74 Å². The maximum Gasteiger partial charge on any atom is 0.0713 e. The fourth-order valence-electron chi connectivity index (χ4n) is 2.13. The molecule has 2 aromatic carbocycles. The summed E-state index contributed by atoms with van der Waals surface area (Å²) in [6, 6.07) is 14.9. The summed E-state index contributed by atoms with van der Waals surface area (Å²) in [5.41, 5.74) is 5.04. The molecule has 3 heteroatoms. The van der Waals surface area contributed by atoms with Crippen molar-refractivity contribution in [2.45, 2.75) is 26.6 Å². The molecule has 0 heterocycles. The number of hydrogen-bond donors (Lipinski definition) is 1. The van der Waals surface area contributed by atoms with E-state index in [1.54, 1.807) is 7.11 Å². The smallest absolute Gasteiger partial charge is 0.0713 e. The van der Waals surface area contributed by atoms with Gasteiger partial charge >= 0.3 is 0 Å². The highest BCUT2D eigenvalue weighted by Crippen LogP contribution is 2.18. The molecule has 0 radical (unpaired) electrons. The van der Waals surface area contributed by atoms with Gasteiger partial charge in [-0.25, -0.2) is 0 Å². The third kappa shape index (κ3) is 4.44. The maximum absolute atomic E-state index is 5.16. The van der Waals surface area contributed by atoms with Crippen LogP contribution in [0.5, 0.6) is 0 Å². The minimum atomic E-state index is 0.664. The maximum atomic E-state index is 5.16. The standard InChI is InChI=1S/C17H20BrNO/c1-13-6-7-16(17(18)8-13)11-19-10-14-4-3-5-15(9-14)12-20-2/h3-9,19H,10-12H2,1-2H3. The molecule has 20 heavy (non-hydrogen) atoms. The molecule has 0 bridgehead atoms. The van der Waals surface area contributed by atoms with Crippen LogP contribution >= 0.6 is 15.9 Å². The zero-order valence-electron chi connectivity index (χ0n) is 11.9. The minimum absolute atomic E-state index is 0.664. The first-order chi connectivity index (χ1) is 9.69. The quantitative estimate of drug-likeness (QED) is 0.855. The van der Waals surface area contributed by atoms with Crippen LogP contribution in [0.1, 0.15) is 22.3 Å². The Balaban J connectivity index is 1.90. The zero-order valence-corrected chi connectivity index (χ0v) is 13.5. The first kappa shape index (κ1) is 15.2. The molecule has 0 unspecified atom stereocenters. The van der Waals surface area contributed by atoms with Crippen LogP contribution in [-0.4, -0.2) is 7.11 Å². The second kappa shape index (κ2) is 7.58. The molecule has 106 valence electrons. The van der Waals surface area contributed by atoms with Gasteiger partial charge in [-0.05, 0) is 35.2 Å². The Morgan fingerprint density at radius 1 is 1.05 bits per heavy atom. The topological polar surface area (TPSA) is 21.3 Å². The number of methoxy groups -OCH3 is 1. The molecular weight excluding hydrogens is 314 g/mol. The average Bonchev–Trinajstić information content (AvgIpc) is 2.42. The molecule has 2 aromatic rings. The molecule has 0 aromatic heterocycles. The lowest BCUT2D eigenvalue weighted by atomic mass is 10.1. The first-order valence-corrected chi connectivity index (χ1v) is 7.51. The summed E-state index contributed by atoms with van der Waals surface area (Å²) in [5, 5.41) is 3.48. The van der Waals surface area contributed by atoms with Gasteiger partial charge in [0.15, 0.2) is 0 Å². The molecule has 0 aliphatic rings. The summed E-state index contributed by atoms with van der Waals surface area (Å²) in [6.45, 7) is 4.48. The van der Waals surface area contributed by atoms with Crippen LogP contribution < -0.4 is 5.32 Å². The SMILES string of the molecule is COCc1cccc(CNCc2ccc(C)cc2Br)c1. The zero-order chi connectivity index (χ0) is 14.4. The lowest BCUT2D eigenvalue weighted by Crippen LogP contribution is -2.13. The van der Waals surface area contributed by atoms with Crippen LogP contribution in [0.2, 0.25) is 0 Å². The Morgan fingerprint density at radius 3 is 2.60 bits per heavy atom. The number of ether oxygens (including phenoxy) is 1. The van der Waals surface area contributed by atoms with Crippen LogP contribution in [-0.2, 0) is 24.4 Å². The molecule has 0 aliphatic carbocycles. The Labute approximate surface area is 129 Å². The van der Waals surface area contributed by atoms with Gasteiger partial charge in [0.2, 0.25) is 0 Å². The molecule has 0 aliphatic heterocycles. The molecule has 0 spiro atoms. The molecule has 0 atom stereocenters. The van der Waals surface area contributed by atoms with Crippen LogP contribution in [0, 0.1) is 6.92 Å². The number of nitrogens with one attached hydrogen (secondary N) is 1. The third-order valence-electron chi connectivity index (χ3n) is 3.16. The number of rotatable bonds is 6. The number of halogens is 1. The summed E-state index contributed by atoms with van der Waals surface area (Å²) in [7, 11) is 1.72. The summed E-state index contributed by atoms with van der Waals surface area (Å²) < 4.78 is 6.32. The third-order valence-corrected chi connectivity index (χ3v) is 3.89. The normalized spacial score (nSPS) is 10.8. The Kier molecular flexibility index (Phi) is 5.77. The van der Waals surface area contributed by atoms with Gasteiger partial charge in [0.05, 0.1) is 6.61 Å². The highest BCUT2D eigenvalue weighted by molar-refractivity contribution is 9.10. The van der Waals surface area contributed by atoms with Gasteiger partial charge < -0.3 is 10.1 Å². The van der Waals surface area contributed by atoms with Crippen molar-refractivity contribution in [1.29, 1.82) is 0 Å². The van der Waals surface area contributed by atoms with E-state index in [1.807, 2.05) is 0 Å². The molecule has 0 amide bonds. The Bertz CT molecular complexity index is 569. The molecule has 2 nitrogen and oxygen atoms in total. The summed E-state index contributed by atoms with van der Waals surface area (Å²) in [4.78, 5) is 0. The summed E-state index contributed by atoms with van der Waals surface area (Å²) in [5.74, 6) is 0. The Hall–Kier alpha value is -1.16. The van der Waals surface area contributed by atoms with Crippen molar-refractivity contribution in [3.05, 3.63) is 69.2 Å². The molecule has 1 N–H and O–H groups in total. The van der Waals surface area contributed by atoms with Crippen molar-refractivity contribution in [3.8, 4) is 0 Å². The Morgan fingerprint density at radius 2 is 1.85 bits per heavy atom. The molecule has 2 rings (SSSR count). The minimum Gasteiger partial charge on any atom is -0.380 e. The second-order valence-electron chi connectivity index (χ2n) is 4.95. The van der Waals surface area contributed by atoms with E-state index in [0.717, 1.165) is 17.6 Å². The van der Waals surface area contributed by atoms with E-state index in [0.29, 0.717) is 6.61 Å². The van der Waals surface area contributed by atoms with Crippen LogP contribution in [0.15, 0.2) is 46.9 Å². The lowest BCUT2D eigenvalue weighted by Gasteiger charge is -2.09. The van der Waals surface area contributed by atoms with E-state index in [2.05, 4.69) is 70.6 Å². The first-order valence-electron chi connectivity index (χ1n) is 6.71. The van der Waals surface area contributed by atoms with Crippen molar-refractivity contribution in [2.75, 3.05) is 7.11 Å². The van der Waals surface area contributed by atoms with Crippen LogP contribution in [0.4, 0.5) is 0 Å². The van der Waals surface area contributed by atoms with Gasteiger partial charge in [0, 0.05) is 24.7 Å².